The Bertz CT molecular complexity index is 786. The van der Waals surface area contributed by atoms with Gasteiger partial charge in [0.2, 0.25) is 5.91 Å². The lowest BCUT2D eigenvalue weighted by molar-refractivity contribution is -0.122. The summed E-state index contributed by atoms with van der Waals surface area (Å²) in [7, 11) is 1.64. The number of ether oxygens (including phenoxy) is 1. The van der Waals surface area contributed by atoms with Crippen molar-refractivity contribution in [3.05, 3.63) is 82.3 Å². The summed E-state index contributed by atoms with van der Waals surface area (Å²) in [6.45, 7) is 0.498. The van der Waals surface area contributed by atoms with Crippen LogP contribution in [0.3, 0.4) is 0 Å². The Labute approximate surface area is 151 Å². The van der Waals surface area contributed by atoms with Crippen molar-refractivity contribution in [2.24, 2.45) is 0 Å². The van der Waals surface area contributed by atoms with Gasteiger partial charge in [-0.3, -0.25) is 9.78 Å². The molecule has 1 amide bonds. The zero-order valence-electron chi connectivity index (χ0n) is 14.0. The number of thiophene rings is 1. The molecule has 128 valence electrons. The van der Waals surface area contributed by atoms with E-state index >= 15 is 0 Å². The molecule has 1 unspecified atom stereocenters. The molecule has 0 radical (unpaired) electrons. The molecule has 3 aromatic rings. The van der Waals surface area contributed by atoms with E-state index in [1.807, 2.05) is 47.8 Å². The SMILES string of the molecule is COc1ccc(C(Cc2cccs2)C(=O)NCc2ccncc2)cc1. The first-order valence-corrected chi connectivity index (χ1v) is 8.97. The highest BCUT2D eigenvalue weighted by Crippen LogP contribution is 2.25. The van der Waals surface area contributed by atoms with Crippen LogP contribution in [0.5, 0.6) is 5.75 Å². The van der Waals surface area contributed by atoms with Crippen molar-refractivity contribution in [1.29, 1.82) is 0 Å². The molecule has 0 saturated heterocycles. The Morgan fingerprint density at radius 1 is 1.16 bits per heavy atom. The highest BCUT2D eigenvalue weighted by molar-refractivity contribution is 7.09. The molecule has 0 spiro atoms. The van der Waals surface area contributed by atoms with E-state index in [-0.39, 0.29) is 11.8 Å². The van der Waals surface area contributed by atoms with Gasteiger partial charge in [0.05, 0.1) is 13.0 Å². The first kappa shape index (κ1) is 17.2. The van der Waals surface area contributed by atoms with Crippen molar-refractivity contribution in [3.63, 3.8) is 0 Å². The van der Waals surface area contributed by atoms with Crippen LogP contribution in [0.15, 0.2) is 66.3 Å². The van der Waals surface area contributed by atoms with Crippen LogP contribution < -0.4 is 10.1 Å². The van der Waals surface area contributed by atoms with E-state index in [0.29, 0.717) is 13.0 Å². The quantitative estimate of drug-likeness (QED) is 0.704. The molecule has 25 heavy (non-hydrogen) atoms. The summed E-state index contributed by atoms with van der Waals surface area (Å²) in [5.74, 6) is 0.581. The van der Waals surface area contributed by atoms with Gasteiger partial charge < -0.3 is 10.1 Å². The summed E-state index contributed by atoms with van der Waals surface area (Å²) in [5, 5.41) is 5.08. The summed E-state index contributed by atoms with van der Waals surface area (Å²) < 4.78 is 5.22. The van der Waals surface area contributed by atoms with Crippen molar-refractivity contribution in [3.8, 4) is 5.75 Å². The molecule has 1 atom stereocenters. The van der Waals surface area contributed by atoms with Crippen molar-refractivity contribution in [1.82, 2.24) is 10.3 Å². The number of hydrogen-bond acceptors (Lipinski definition) is 4. The van der Waals surface area contributed by atoms with Crippen molar-refractivity contribution in [2.75, 3.05) is 7.11 Å². The summed E-state index contributed by atoms with van der Waals surface area (Å²) >= 11 is 1.67. The summed E-state index contributed by atoms with van der Waals surface area (Å²) in [5.41, 5.74) is 2.02. The molecule has 0 aliphatic rings. The Kier molecular flexibility index (Phi) is 5.80. The molecule has 0 aliphatic carbocycles. The highest BCUT2D eigenvalue weighted by Gasteiger charge is 2.21. The molecule has 1 aromatic carbocycles. The maximum Gasteiger partial charge on any atom is 0.228 e. The minimum absolute atomic E-state index is 0.0235. The van der Waals surface area contributed by atoms with Gasteiger partial charge >= 0.3 is 0 Å². The van der Waals surface area contributed by atoms with Crippen molar-refractivity contribution in [2.45, 2.75) is 18.9 Å². The summed E-state index contributed by atoms with van der Waals surface area (Å²) in [6.07, 6.45) is 4.15. The van der Waals surface area contributed by atoms with Crippen molar-refractivity contribution >= 4 is 17.2 Å². The van der Waals surface area contributed by atoms with Crippen molar-refractivity contribution < 1.29 is 9.53 Å². The van der Waals surface area contributed by atoms with Crippen LogP contribution in [0.4, 0.5) is 0 Å². The van der Waals surface area contributed by atoms with Gasteiger partial charge in [0.15, 0.2) is 0 Å². The number of benzene rings is 1. The predicted octanol–water partition coefficient (Wildman–Crippen LogP) is 3.79. The van der Waals surface area contributed by atoms with Gasteiger partial charge in [-0.15, -0.1) is 11.3 Å². The number of methoxy groups -OCH3 is 1. The second-order valence-electron chi connectivity index (χ2n) is 5.68. The van der Waals surface area contributed by atoms with Gasteiger partial charge in [-0.25, -0.2) is 0 Å². The molecule has 5 heteroatoms. The summed E-state index contributed by atoms with van der Waals surface area (Å²) in [4.78, 5) is 18.0. The number of hydrogen-bond donors (Lipinski definition) is 1. The third kappa shape index (κ3) is 4.67. The van der Waals surface area contributed by atoms with E-state index in [4.69, 9.17) is 4.74 Å². The molecule has 0 aliphatic heterocycles. The minimum atomic E-state index is -0.230. The lowest BCUT2D eigenvalue weighted by Gasteiger charge is -2.17. The Morgan fingerprint density at radius 3 is 2.56 bits per heavy atom. The van der Waals surface area contributed by atoms with Gasteiger partial charge in [0, 0.05) is 23.8 Å². The topological polar surface area (TPSA) is 51.2 Å². The second kappa shape index (κ2) is 8.44. The Balaban J connectivity index is 1.75. The molecule has 1 N–H and O–H groups in total. The maximum atomic E-state index is 12.8. The third-order valence-electron chi connectivity index (χ3n) is 4.04. The fourth-order valence-electron chi connectivity index (χ4n) is 2.64. The lowest BCUT2D eigenvalue weighted by atomic mass is 9.94. The van der Waals surface area contributed by atoms with Gasteiger partial charge in [-0.1, -0.05) is 18.2 Å². The number of rotatable bonds is 7. The number of aromatic nitrogens is 1. The van der Waals surface area contributed by atoms with Gasteiger partial charge in [0.25, 0.3) is 0 Å². The smallest absolute Gasteiger partial charge is 0.228 e. The molecule has 2 aromatic heterocycles. The largest absolute Gasteiger partial charge is 0.497 e. The number of nitrogens with one attached hydrogen (secondary N) is 1. The standard InChI is InChI=1S/C20H20N2O2S/c1-24-17-6-4-16(5-7-17)19(13-18-3-2-12-25-18)20(23)22-14-15-8-10-21-11-9-15/h2-12,19H,13-14H2,1H3,(H,22,23). The first-order valence-electron chi connectivity index (χ1n) is 8.09. The predicted molar refractivity (Wildman–Crippen MR) is 99.8 cm³/mol. The van der Waals surface area contributed by atoms with Crippen LogP contribution in [0, 0.1) is 0 Å². The molecule has 4 nitrogen and oxygen atoms in total. The lowest BCUT2D eigenvalue weighted by Crippen LogP contribution is -2.30. The Morgan fingerprint density at radius 2 is 1.92 bits per heavy atom. The van der Waals surface area contributed by atoms with Crippen LogP contribution in [0.2, 0.25) is 0 Å². The van der Waals surface area contributed by atoms with Gasteiger partial charge in [-0.2, -0.15) is 0 Å². The number of pyridine rings is 1. The van der Waals surface area contributed by atoms with Crippen LogP contribution in [0.25, 0.3) is 0 Å². The number of amides is 1. The molecule has 3 rings (SSSR count). The fourth-order valence-corrected chi connectivity index (χ4v) is 3.39. The monoisotopic (exact) mass is 352 g/mol. The van der Waals surface area contributed by atoms with E-state index < -0.39 is 0 Å². The maximum absolute atomic E-state index is 12.8. The average Bonchev–Trinajstić information content (AvgIpc) is 3.18. The third-order valence-corrected chi connectivity index (χ3v) is 4.93. The zero-order chi connectivity index (χ0) is 17.5. The molecule has 0 fully saturated rings. The highest BCUT2D eigenvalue weighted by atomic mass is 32.1. The van der Waals surface area contributed by atoms with Gasteiger partial charge in [0.1, 0.15) is 5.75 Å². The number of carbonyl (C=O) groups excluding carboxylic acids is 1. The van der Waals surface area contributed by atoms with Crippen LogP contribution in [-0.2, 0) is 17.8 Å². The Hall–Kier alpha value is -2.66. The van der Waals surface area contributed by atoms with E-state index in [9.17, 15) is 4.79 Å². The second-order valence-corrected chi connectivity index (χ2v) is 6.71. The van der Waals surface area contributed by atoms with Crippen LogP contribution in [-0.4, -0.2) is 18.0 Å². The number of carbonyl (C=O) groups is 1. The molecule has 0 bridgehead atoms. The van der Waals surface area contributed by atoms with E-state index in [2.05, 4.69) is 16.4 Å². The molecular formula is C20H20N2O2S. The zero-order valence-corrected chi connectivity index (χ0v) is 14.8. The molecule has 0 saturated carbocycles. The first-order chi connectivity index (χ1) is 12.3. The van der Waals surface area contributed by atoms with Gasteiger partial charge in [-0.05, 0) is 53.3 Å². The minimum Gasteiger partial charge on any atom is -0.497 e. The average molecular weight is 352 g/mol. The van der Waals surface area contributed by atoms with E-state index in [1.54, 1.807) is 30.8 Å². The van der Waals surface area contributed by atoms with E-state index in [0.717, 1.165) is 16.9 Å². The summed E-state index contributed by atoms with van der Waals surface area (Å²) in [6, 6.07) is 15.6. The molecular weight excluding hydrogens is 332 g/mol. The fraction of sp³-hybridized carbons (Fsp3) is 0.200. The van der Waals surface area contributed by atoms with Crippen LogP contribution >= 0.6 is 11.3 Å². The van der Waals surface area contributed by atoms with E-state index in [1.165, 1.54) is 4.88 Å². The number of nitrogens with zero attached hydrogens (tertiary/aromatic N) is 1. The normalized spacial score (nSPS) is 11.7. The molecule has 2 heterocycles. The van der Waals surface area contributed by atoms with Crippen LogP contribution in [0.1, 0.15) is 21.9 Å².